The first-order valence-electron chi connectivity index (χ1n) is 9.59. The second-order valence-corrected chi connectivity index (χ2v) is 9.29. The molecule has 0 aromatic heterocycles. The molecule has 8 heteroatoms. The van der Waals surface area contributed by atoms with Crippen molar-refractivity contribution >= 4 is 33.2 Å². The van der Waals surface area contributed by atoms with Crippen LogP contribution in [0, 0.1) is 5.92 Å². The molecule has 1 fully saturated rings. The van der Waals surface area contributed by atoms with Gasteiger partial charge in [-0.3, -0.25) is 4.79 Å². The minimum absolute atomic E-state index is 0.0422. The Morgan fingerprint density at radius 3 is 2.55 bits per heavy atom. The normalized spacial score (nSPS) is 14.8. The molecule has 1 aliphatic rings. The van der Waals surface area contributed by atoms with Gasteiger partial charge in [0, 0.05) is 17.3 Å². The average Bonchev–Trinajstić information content (AvgIpc) is 3.17. The lowest BCUT2D eigenvalue weighted by Crippen LogP contribution is -2.18. The summed E-state index contributed by atoms with van der Waals surface area (Å²) in [6.45, 7) is 0.774. The number of ether oxygens (including phenoxy) is 1. The van der Waals surface area contributed by atoms with Gasteiger partial charge < -0.3 is 10.1 Å². The highest BCUT2D eigenvalue weighted by molar-refractivity contribution is 7.89. The molecular formula is C21H25ClN2O4S. The van der Waals surface area contributed by atoms with E-state index in [0.29, 0.717) is 34.4 Å². The summed E-state index contributed by atoms with van der Waals surface area (Å²) in [5.41, 5.74) is 1.52. The third-order valence-corrected chi connectivity index (χ3v) is 6.41. The van der Waals surface area contributed by atoms with E-state index >= 15 is 0 Å². The largest absolute Gasteiger partial charge is 0.376 e. The minimum atomic E-state index is -3.96. The Morgan fingerprint density at radius 2 is 1.86 bits per heavy atom. The highest BCUT2D eigenvalue weighted by atomic mass is 35.5. The summed E-state index contributed by atoms with van der Waals surface area (Å²) >= 11 is 6.08. The van der Waals surface area contributed by atoms with Crippen LogP contribution in [0.4, 0.5) is 5.69 Å². The maximum Gasteiger partial charge on any atom is 0.238 e. The number of nitrogens with one attached hydrogen (secondary N) is 1. The number of benzene rings is 2. The standard InChI is InChI=1S/C21H25ClN2O4S/c22-19-8-4-3-7-16(19)11-21(25)24-18-10-9-17(20(12-18)29(23,26)27)14-28-13-15-5-1-2-6-15/h3-4,7-10,12,15H,1-2,5-6,11,13-14H2,(H,24,25)(H2,23,26,27). The molecule has 0 radical (unpaired) electrons. The van der Waals surface area contributed by atoms with Crippen LogP contribution in [0.15, 0.2) is 47.4 Å². The highest BCUT2D eigenvalue weighted by Gasteiger charge is 2.18. The second-order valence-electron chi connectivity index (χ2n) is 7.35. The number of anilines is 1. The van der Waals surface area contributed by atoms with Gasteiger partial charge in [-0.2, -0.15) is 0 Å². The van der Waals surface area contributed by atoms with E-state index in [2.05, 4.69) is 5.32 Å². The molecule has 0 spiro atoms. The van der Waals surface area contributed by atoms with Crippen molar-refractivity contribution in [3.63, 3.8) is 0 Å². The molecule has 6 nitrogen and oxygen atoms in total. The summed E-state index contributed by atoms with van der Waals surface area (Å²) in [4.78, 5) is 12.3. The molecule has 0 bridgehead atoms. The second kappa shape index (κ2) is 9.71. The summed E-state index contributed by atoms with van der Waals surface area (Å²) in [6.07, 6.45) is 4.83. The number of hydrogen-bond donors (Lipinski definition) is 2. The van der Waals surface area contributed by atoms with Gasteiger partial charge in [0.1, 0.15) is 0 Å². The maximum absolute atomic E-state index is 12.3. The zero-order valence-corrected chi connectivity index (χ0v) is 17.6. The number of amides is 1. The third kappa shape index (κ3) is 6.27. The minimum Gasteiger partial charge on any atom is -0.376 e. The summed E-state index contributed by atoms with van der Waals surface area (Å²) < 4.78 is 29.8. The van der Waals surface area contributed by atoms with Crippen LogP contribution >= 0.6 is 11.6 Å². The Labute approximate surface area is 176 Å². The molecule has 1 amide bonds. The van der Waals surface area contributed by atoms with E-state index in [1.807, 2.05) is 0 Å². The smallest absolute Gasteiger partial charge is 0.238 e. The first kappa shape index (κ1) is 21.8. The fourth-order valence-corrected chi connectivity index (χ4v) is 4.54. The quantitative estimate of drug-likeness (QED) is 0.656. The Bertz CT molecular complexity index is 972. The first-order chi connectivity index (χ1) is 13.8. The van der Waals surface area contributed by atoms with Gasteiger partial charge in [0.15, 0.2) is 0 Å². The van der Waals surface area contributed by atoms with Gasteiger partial charge in [0.25, 0.3) is 0 Å². The number of halogens is 1. The van der Waals surface area contributed by atoms with Crippen molar-refractivity contribution < 1.29 is 17.9 Å². The monoisotopic (exact) mass is 436 g/mol. The van der Waals surface area contributed by atoms with E-state index in [9.17, 15) is 13.2 Å². The fraction of sp³-hybridized carbons (Fsp3) is 0.381. The molecule has 0 atom stereocenters. The SMILES string of the molecule is NS(=O)(=O)c1cc(NC(=O)Cc2ccccc2Cl)ccc1COCC1CCCC1. The summed E-state index contributed by atoms with van der Waals surface area (Å²) in [5.74, 6) is 0.236. The predicted molar refractivity (Wildman–Crippen MR) is 113 cm³/mol. The first-order valence-corrected chi connectivity index (χ1v) is 11.5. The highest BCUT2D eigenvalue weighted by Crippen LogP contribution is 2.26. The van der Waals surface area contributed by atoms with Gasteiger partial charge in [0.05, 0.1) is 17.9 Å². The van der Waals surface area contributed by atoms with Crippen molar-refractivity contribution in [3.05, 3.63) is 58.6 Å². The Morgan fingerprint density at radius 1 is 1.14 bits per heavy atom. The zero-order chi connectivity index (χ0) is 20.9. The molecule has 0 heterocycles. The van der Waals surface area contributed by atoms with Crippen LogP contribution in [0.3, 0.4) is 0 Å². The molecule has 2 aromatic rings. The van der Waals surface area contributed by atoms with Gasteiger partial charge in [0.2, 0.25) is 15.9 Å². The number of sulfonamides is 1. The van der Waals surface area contributed by atoms with E-state index in [1.165, 1.54) is 18.9 Å². The molecule has 3 rings (SSSR count). The van der Waals surface area contributed by atoms with Crippen LogP contribution in [0.2, 0.25) is 5.02 Å². The summed E-state index contributed by atoms with van der Waals surface area (Å²) in [5, 5.41) is 8.58. The lowest BCUT2D eigenvalue weighted by molar-refractivity contribution is -0.115. The van der Waals surface area contributed by atoms with Crippen LogP contribution in [-0.2, 0) is 32.6 Å². The third-order valence-electron chi connectivity index (χ3n) is 5.05. The number of primary sulfonamides is 1. The van der Waals surface area contributed by atoms with Crippen LogP contribution in [0.1, 0.15) is 36.8 Å². The Kier molecular flexibility index (Phi) is 7.29. The molecule has 0 aliphatic heterocycles. The number of carbonyl (C=O) groups is 1. The van der Waals surface area contributed by atoms with Crippen molar-refractivity contribution in [2.75, 3.05) is 11.9 Å². The topological polar surface area (TPSA) is 98.5 Å². The van der Waals surface area contributed by atoms with Gasteiger partial charge in [-0.15, -0.1) is 0 Å². The van der Waals surface area contributed by atoms with Crippen molar-refractivity contribution in [2.45, 2.75) is 43.6 Å². The zero-order valence-electron chi connectivity index (χ0n) is 16.1. The van der Waals surface area contributed by atoms with Gasteiger partial charge in [-0.1, -0.05) is 48.7 Å². The molecule has 0 unspecified atom stereocenters. The average molecular weight is 437 g/mol. The number of hydrogen-bond acceptors (Lipinski definition) is 4. The molecule has 1 saturated carbocycles. The van der Waals surface area contributed by atoms with E-state index in [1.54, 1.807) is 36.4 Å². The van der Waals surface area contributed by atoms with Crippen LogP contribution in [-0.4, -0.2) is 20.9 Å². The molecule has 1 aliphatic carbocycles. The van der Waals surface area contributed by atoms with Crippen molar-refractivity contribution in [1.29, 1.82) is 0 Å². The number of rotatable bonds is 8. The number of nitrogens with two attached hydrogens (primary N) is 1. The lowest BCUT2D eigenvalue weighted by Gasteiger charge is -2.14. The summed E-state index contributed by atoms with van der Waals surface area (Å²) in [7, 11) is -3.96. The van der Waals surface area contributed by atoms with Crippen LogP contribution < -0.4 is 10.5 Å². The molecular weight excluding hydrogens is 412 g/mol. The molecule has 2 aromatic carbocycles. The van der Waals surface area contributed by atoms with E-state index in [-0.39, 0.29) is 23.8 Å². The van der Waals surface area contributed by atoms with Crippen molar-refractivity contribution in [1.82, 2.24) is 0 Å². The maximum atomic E-state index is 12.3. The van der Waals surface area contributed by atoms with Gasteiger partial charge in [-0.05, 0) is 48.1 Å². The van der Waals surface area contributed by atoms with E-state index < -0.39 is 10.0 Å². The molecule has 156 valence electrons. The Hall–Kier alpha value is -1.93. The predicted octanol–water partition coefficient (Wildman–Crippen LogP) is 3.88. The van der Waals surface area contributed by atoms with Crippen LogP contribution in [0.25, 0.3) is 0 Å². The lowest BCUT2D eigenvalue weighted by atomic mass is 10.1. The number of carbonyl (C=O) groups excluding carboxylic acids is 1. The Balaban J connectivity index is 1.68. The fourth-order valence-electron chi connectivity index (χ4n) is 3.55. The van der Waals surface area contributed by atoms with E-state index in [4.69, 9.17) is 21.5 Å². The van der Waals surface area contributed by atoms with Crippen molar-refractivity contribution in [2.24, 2.45) is 11.1 Å². The molecule has 3 N–H and O–H groups in total. The van der Waals surface area contributed by atoms with Crippen LogP contribution in [0.5, 0.6) is 0 Å². The molecule has 29 heavy (non-hydrogen) atoms. The van der Waals surface area contributed by atoms with E-state index in [0.717, 1.165) is 12.8 Å². The molecule has 0 saturated heterocycles. The van der Waals surface area contributed by atoms with Gasteiger partial charge in [-0.25, -0.2) is 13.6 Å². The summed E-state index contributed by atoms with van der Waals surface area (Å²) in [6, 6.07) is 11.7. The van der Waals surface area contributed by atoms with Gasteiger partial charge >= 0.3 is 0 Å². The van der Waals surface area contributed by atoms with Crippen molar-refractivity contribution in [3.8, 4) is 0 Å².